The maximum Gasteiger partial charge on any atom is 0.242 e. The number of hydrogen-bond acceptors (Lipinski definition) is 2. The van der Waals surface area contributed by atoms with Crippen molar-refractivity contribution in [2.45, 2.75) is 45.6 Å². The van der Waals surface area contributed by atoms with E-state index in [9.17, 15) is 9.59 Å². The van der Waals surface area contributed by atoms with Crippen LogP contribution in [-0.4, -0.2) is 35.8 Å². The van der Waals surface area contributed by atoms with Crippen molar-refractivity contribution >= 4 is 11.8 Å². The molecule has 0 aromatic carbocycles. The molecule has 96 valence electrons. The van der Waals surface area contributed by atoms with E-state index in [-0.39, 0.29) is 18.4 Å². The molecule has 1 heterocycles. The van der Waals surface area contributed by atoms with Gasteiger partial charge in [0.2, 0.25) is 11.8 Å². The molecule has 0 aromatic rings. The molecule has 3 atom stereocenters. The Bertz CT molecular complexity index is 317. The van der Waals surface area contributed by atoms with Crippen LogP contribution in [-0.2, 0) is 9.59 Å². The van der Waals surface area contributed by atoms with E-state index in [0.29, 0.717) is 30.8 Å². The monoisotopic (exact) mass is 238 g/mol. The van der Waals surface area contributed by atoms with Gasteiger partial charge in [-0.3, -0.25) is 9.59 Å². The first kappa shape index (κ1) is 12.4. The highest BCUT2D eigenvalue weighted by molar-refractivity contribution is 5.87. The lowest BCUT2D eigenvalue weighted by molar-refractivity contribution is -0.134. The van der Waals surface area contributed by atoms with Crippen LogP contribution in [0.25, 0.3) is 0 Å². The zero-order valence-corrected chi connectivity index (χ0v) is 10.7. The predicted molar refractivity (Wildman–Crippen MR) is 65.3 cm³/mol. The third-order valence-corrected chi connectivity index (χ3v) is 4.40. The van der Waals surface area contributed by atoms with Crippen molar-refractivity contribution in [2.24, 2.45) is 11.8 Å². The fraction of sp³-hybridized carbons (Fsp3) is 0.846. The summed E-state index contributed by atoms with van der Waals surface area (Å²) in [6.07, 6.45) is 3.99. The van der Waals surface area contributed by atoms with Gasteiger partial charge in [-0.15, -0.1) is 0 Å². The second-order valence-electron chi connectivity index (χ2n) is 5.45. The van der Waals surface area contributed by atoms with Gasteiger partial charge in [0.15, 0.2) is 0 Å². The summed E-state index contributed by atoms with van der Waals surface area (Å²) in [5, 5.41) is 2.66. The van der Waals surface area contributed by atoms with Crippen LogP contribution in [0.1, 0.15) is 39.5 Å². The molecule has 1 aliphatic carbocycles. The van der Waals surface area contributed by atoms with Crippen LogP contribution >= 0.6 is 0 Å². The maximum atomic E-state index is 12.0. The Kier molecular flexibility index (Phi) is 3.69. The summed E-state index contributed by atoms with van der Waals surface area (Å²) in [5.41, 5.74) is 0. The second-order valence-corrected chi connectivity index (χ2v) is 5.45. The summed E-state index contributed by atoms with van der Waals surface area (Å²) in [4.78, 5) is 25.3. The Balaban J connectivity index is 2.08. The number of nitrogens with zero attached hydrogens (tertiary/aromatic N) is 1. The van der Waals surface area contributed by atoms with Crippen molar-refractivity contribution in [3.8, 4) is 0 Å². The van der Waals surface area contributed by atoms with Crippen LogP contribution in [0.4, 0.5) is 0 Å². The lowest BCUT2D eigenvalue weighted by Gasteiger charge is -2.41. The average Bonchev–Trinajstić information content (AvgIpc) is 2.46. The van der Waals surface area contributed by atoms with Crippen molar-refractivity contribution < 1.29 is 9.59 Å². The minimum atomic E-state index is -0.00244. The lowest BCUT2D eigenvalue weighted by Crippen LogP contribution is -2.48. The summed E-state index contributed by atoms with van der Waals surface area (Å²) >= 11 is 0. The van der Waals surface area contributed by atoms with E-state index in [1.807, 2.05) is 4.90 Å². The first-order valence-corrected chi connectivity index (χ1v) is 6.65. The molecular formula is C13H22N2O2. The number of carbonyl (C=O) groups is 2. The average molecular weight is 238 g/mol. The first-order chi connectivity index (χ1) is 8.09. The van der Waals surface area contributed by atoms with Crippen molar-refractivity contribution in [3.05, 3.63) is 0 Å². The van der Waals surface area contributed by atoms with Crippen LogP contribution in [0, 0.1) is 11.8 Å². The van der Waals surface area contributed by atoms with Crippen LogP contribution in [0.5, 0.6) is 0 Å². The van der Waals surface area contributed by atoms with Crippen LogP contribution in [0.2, 0.25) is 0 Å². The fourth-order valence-electron chi connectivity index (χ4n) is 3.06. The number of carbonyl (C=O) groups excluding carboxylic acids is 2. The second kappa shape index (κ2) is 5.07. The number of nitrogens with one attached hydrogen (secondary N) is 1. The summed E-state index contributed by atoms with van der Waals surface area (Å²) < 4.78 is 0. The largest absolute Gasteiger partial charge is 0.347 e. The van der Waals surface area contributed by atoms with Gasteiger partial charge in [0.1, 0.15) is 0 Å². The Hall–Kier alpha value is -1.06. The minimum absolute atomic E-state index is 0.00244. The molecule has 1 N–H and O–H groups in total. The van der Waals surface area contributed by atoms with Crippen molar-refractivity contribution in [1.82, 2.24) is 10.2 Å². The Morgan fingerprint density at radius 2 is 2.00 bits per heavy atom. The van der Waals surface area contributed by atoms with Gasteiger partial charge in [-0.1, -0.05) is 26.7 Å². The van der Waals surface area contributed by atoms with Crippen molar-refractivity contribution in [1.29, 1.82) is 0 Å². The van der Waals surface area contributed by atoms with Gasteiger partial charge in [0.05, 0.1) is 6.54 Å². The van der Waals surface area contributed by atoms with E-state index in [0.717, 1.165) is 6.42 Å². The lowest BCUT2D eigenvalue weighted by atomic mass is 9.77. The number of hydrogen-bond donors (Lipinski definition) is 1. The summed E-state index contributed by atoms with van der Waals surface area (Å²) in [6.45, 7) is 5.27. The quantitative estimate of drug-likeness (QED) is 0.745. The maximum absolute atomic E-state index is 12.0. The summed E-state index contributed by atoms with van der Waals surface area (Å²) in [7, 11) is 0. The molecule has 4 heteroatoms. The van der Waals surface area contributed by atoms with Crippen molar-refractivity contribution in [2.75, 3.05) is 13.1 Å². The molecule has 1 aliphatic heterocycles. The van der Waals surface area contributed by atoms with E-state index in [2.05, 4.69) is 19.2 Å². The zero-order chi connectivity index (χ0) is 12.4. The molecule has 2 aliphatic rings. The highest BCUT2D eigenvalue weighted by Crippen LogP contribution is 2.33. The Morgan fingerprint density at radius 3 is 2.76 bits per heavy atom. The molecule has 4 nitrogen and oxygen atoms in total. The molecule has 0 bridgehead atoms. The van der Waals surface area contributed by atoms with E-state index >= 15 is 0 Å². The molecular weight excluding hydrogens is 216 g/mol. The third kappa shape index (κ3) is 2.61. The topological polar surface area (TPSA) is 49.4 Å². The highest BCUT2D eigenvalue weighted by atomic mass is 16.2. The van der Waals surface area contributed by atoms with Gasteiger partial charge in [0, 0.05) is 19.0 Å². The van der Waals surface area contributed by atoms with Gasteiger partial charge in [-0.05, 0) is 18.3 Å². The normalized spacial score (nSPS) is 35.4. The molecule has 3 unspecified atom stereocenters. The molecule has 0 aromatic heterocycles. The number of rotatable bonds is 1. The summed E-state index contributed by atoms with van der Waals surface area (Å²) in [5.74, 6) is 1.30. The van der Waals surface area contributed by atoms with Gasteiger partial charge >= 0.3 is 0 Å². The highest BCUT2D eigenvalue weighted by Gasteiger charge is 2.34. The molecule has 1 saturated carbocycles. The van der Waals surface area contributed by atoms with Gasteiger partial charge < -0.3 is 10.2 Å². The molecule has 2 amide bonds. The van der Waals surface area contributed by atoms with Crippen LogP contribution in [0.3, 0.4) is 0 Å². The van der Waals surface area contributed by atoms with E-state index in [4.69, 9.17) is 0 Å². The fourth-order valence-corrected chi connectivity index (χ4v) is 3.06. The third-order valence-electron chi connectivity index (χ3n) is 4.40. The van der Waals surface area contributed by atoms with Gasteiger partial charge in [-0.2, -0.15) is 0 Å². The van der Waals surface area contributed by atoms with Crippen molar-refractivity contribution in [3.63, 3.8) is 0 Å². The molecule has 0 spiro atoms. The van der Waals surface area contributed by atoms with Crippen LogP contribution in [0.15, 0.2) is 0 Å². The first-order valence-electron chi connectivity index (χ1n) is 6.65. The molecule has 2 rings (SSSR count). The number of amides is 2. The van der Waals surface area contributed by atoms with Crippen LogP contribution < -0.4 is 5.32 Å². The molecule has 0 radical (unpaired) electrons. The van der Waals surface area contributed by atoms with E-state index < -0.39 is 0 Å². The Labute approximate surface area is 103 Å². The Morgan fingerprint density at radius 1 is 1.24 bits per heavy atom. The van der Waals surface area contributed by atoms with E-state index in [1.54, 1.807) is 0 Å². The molecule has 2 fully saturated rings. The van der Waals surface area contributed by atoms with Gasteiger partial charge in [0.25, 0.3) is 0 Å². The predicted octanol–water partition coefficient (Wildman–Crippen LogP) is 1.16. The SMILES string of the molecule is CC1CCCC(N2CCC(=O)NCC2=O)C1C. The molecule has 1 saturated heterocycles. The zero-order valence-electron chi connectivity index (χ0n) is 10.7. The standard InChI is InChI=1S/C13H22N2O2/c1-9-4-3-5-11(10(9)2)15-7-6-12(16)14-8-13(15)17/h9-11H,3-8H2,1-2H3,(H,14,16). The van der Waals surface area contributed by atoms with E-state index in [1.165, 1.54) is 12.8 Å². The summed E-state index contributed by atoms with van der Waals surface area (Å²) in [6, 6.07) is 0.332. The van der Waals surface area contributed by atoms with Gasteiger partial charge in [-0.25, -0.2) is 0 Å². The smallest absolute Gasteiger partial charge is 0.242 e. The molecule has 17 heavy (non-hydrogen) atoms. The minimum Gasteiger partial charge on any atom is -0.347 e.